The van der Waals surface area contributed by atoms with Gasteiger partial charge in [-0.05, 0) is 30.7 Å². The first-order valence-electron chi connectivity index (χ1n) is 7.64. The van der Waals surface area contributed by atoms with Gasteiger partial charge in [0.05, 0.1) is 6.04 Å². The Morgan fingerprint density at radius 1 is 1.17 bits per heavy atom. The Kier molecular flexibility index (Phi) is 4.96. The summed E-state index contributed by atoms with van der Waals surface area (Å²) in [6.07, 6.45) is 3.44. The SMILES string of the molecule is C[C@H](NC(=O)COc1ccc(Cl)c2ccccc12)c1cccnc1. The maximum Gasteiger partial charge on any atom is 0.258 e. The van der Waals surface area contributed by atoms with Crippen LogP contribution in [0.5, 0.6) is 5.75 Å². The molecular formula is C19H17ClN2O2. The van der Waals surface area contributed by atoms with Crippen molar-refractivity contribution in [2.24, 2.45) is 0 Å². The monoisotopic (exact) mass is 340 g/mol. The molecule has 0 radical (unpaired) electrons. The predicted molar refractivity (Wildman–Crippen MR) is 95.2 cm³/mol. The molecule has 0 unspecified atom stereocenters. The molecule has 0 saturated carbocycles. The van der Waals surface area contributed by atoms with E-state index in [2.05, 4.69) is 10.3 Å². The molecule has 0 aliphatic heterocycles. The lowest BCUT2D eigenvalue weighted by atomic mass is 10.1. The van der Waals surface area contributed by atoms with E-state index in [0.717, 1.165) is 16.3 Å². The first-order valence-corrected chi connectivity index (χ1v) is 8.02. The first-order chi connectivity index (χ1) is 11.6. The average Bonchev–Trinajstić information content (AvgIpc) is 2.62. The molecule has 24 heavy (non-hydrogen) atoms. The molecule has 4 nitrogen and oxygen atoms in total. The maximum absolute atomic E-state index is 12.1. The predicted octanol–water partition coefficient (Wildman–Crippen LogP) is 4.14. The third kappa shape index (κ3) is 3.66. The number of benzene rings is 2. The van der Waals surface area contributed by atoms with Gasteiger partial charge in [0.1, 0.15) is 5.75 Å². The summed E-state index contributed by atoms with van der Waals surface area (Å²) in [5, 5.41) is 5.35. The molecule has 0 aliphatic carbocycles. The Morgan fingerprint density at radius 2 is 1.96 bits per heavy atom. The lowest BCUT2D eigenvalue weighted by Crippen LogP contribution is -2.31. The number of hydrogen-bond acceptors (Lipinski definition) is 3. The number of nitrogens with one attached hydrogen (secondary N) is 1. The number of ether oxygens (including phenoxy) is 1. The topological polar surface area (TPSA) is 51.2 Å². The highest BCUT2D eigenvalue weighted by atomic mass is 35.5. The highest BCUT2D eigenvalue weighted by Crippen LogP contribution is 2.31. The van der Waals surface area contributed by atoms with Crippen LogP contribution in [0.25, 0.3) is 10.8 Å². The summed E-state index contributed by atoms with van der Waals surface area (Å²) in [4.78, 5) is 16.2. The fourth-order valence-electron chi connectivity index (χ4n) is 2.50. The smallest absolute Gasteiger partial charge is 0.258 e. The molecule has 0 fully saturated rings. The zero-order valence-corrected chi connectivity index (χ0v) is 14.0. The fraction of sp³-hybridized carbons (Fsp3) is 0.158. The molecule has 0 bridgehead atoms. The van der Waals surface area contributed by atoms with Crippen LogP contribution >= 0.6 is 11.6 Å². The molecule has 1 aromatic heterocycles. The number of amides is 1. The summed E-state index contributed by atoms with van der Waals surface area (Å²) >= 11 is 6.19. The number of carbonyl (C=O) groups is 1. The zero-order chi connectivity index (χ0) is 16.9. The highest BCUT2D eigenvalue weighted by molar-refractivity contribution is 6.35. The second-order valence-corrected chi connectivity index (χ2v) is 5.86. The Labute approximate surface area is 145 Å². The van der Waals surface area contributed by atoms with Crippen molar-refractivity contribution in [2.75, 3.05) is 6.61 Å². The summed E-state index contributed by atoms with van der Waals surface area (Å²) < 4.78 is 5.69. The van der Waals surface area contributed by atoms with Gasteiger partial charge in [0.25, 0.3) is 5.91 Å². The number of aromatic nitrogens is 1. The normalized spacial score (nSPS) is 11.9. The van der Waals surface area contributed by atoms with Crippen molar-refractivity contribution in [3.05, 3.63) is 71.5 Å². The van der Waals surface area contributed by atoms with Gasteiger partial charge < -0.3 is 10.1 Å². The van der Waals surface area contributed by atoms with Crippen LogP contribution in [-0.4, -0.2) is 17.5 Å². The van der Waals surface area contributed by atoms with Crippen LogP contribution < -0.4 is 10.1 Å². The summed E-state index contributed by atoms with van der Waals surface area (Å²) in [6, 6.07) is 14.9. The lowest BCUT2D eigenvalue weighted by Gasteiger charge is -2.15. The van der Waals surface area contributed by atoms with Crippen LogP contribution in [0, 0.1) is 0 Å². The molecule has 0 aliphatic rings. The number of pyridine rings is 1. The van der Waals surface area contributed by atoms with Crippen molar-refractivity contribution in [2.45, 2.75) is 13.0 Å². The molecule has 122 valence electrons. The molecule has 3 rings (SSSR count). The van der Waals surface area contributed by atoms with Gasteiger partial charge in [-0.3, -0.25) is 9.78 Å². The fourth-order valence-corrected chi connectivity index (χ4v) is 2.73. The minimum atomic E-state index is -0.189. The molecule has 2 aromatic carbocycles. The van der Waals surface area contributed by atoms with Gasteiger partial charge in [-0.15, -0.1) is 0 Å². The molecule has 1 heterocycles. The molecule has 5 heteroatoms. The summed E-state index contributed by atoms with van der Waals surface area (Å²) in [5.74, 6) is 0.449. The van der Waals surface area contributed by atoms with Crippen molar-refractivity contribution in [3.63, 3.8) is 0 Å². The molecule has 1 amide bonds. The van der Waals surface area contributed by atoms with E-state index < -0.39 is 0 Å². The summed E-state index contributed by atoms with van der Waals surface area (Å²) in [7, 11) is 0. The van der Waals surface area contributed by atoms with Crippen molar-refractivity contribution in [1.29, 1.82) is 0 Å². The van der Waals surface area contributed by atoms with Crippen LogP contribution in [0.3, 0.4) is 0 Å². The Bertz CT molecular complexity index is 852. The highest BCUT2D eigenvalue weighted by Gasteiger charge is 2.11. The van der Waals surface area contributed by atoms with Gasteiger partial charge in [0, 0.05) is 28.2 Å². The van der Waals surface area contributed by atoms with Crippen molar-refractivity contribution in [1.82, 2.24) is 10.3 Å². The molecule has 0 saturated heterocycles. The maximum atomic E-state index is 12.1. The quantitative estimate of drug-likeness (QED) is 0.759. The first kappa shape index (κ1) is 16.3. The summed E-state index contributed by atoms with van der Waals surface area (Å²) in [5.41, 5.74) is 0.947. The van der Waals surface area contributed by atoms with E-state index in [1.54, 1.807) is 24.5 Å². The zero-order valence-electron chi connectivity index (χ0n) is 13.2. The van der Waals surface area contributed by atoms with Gasteiger partial charge >= 0.3 is 0 Å². The van der Waals surface area contributed by atoms with E-state index in [1.807, 2.05) is 43.3 Å². The molecule has 1 N–H and O–H groups in total. The lowest BCUT2D eigenvalue weighted by molar-refractivity contribution is -0.123. The number of halogens is 1. The van der Waals surface area contributed by atoms with Gasteiger partial charge in [-0.2, -0.15) is 0 Å². The number of hydrogen-bond donors (Lipinski definition) is 1. The Hall–Kier alpha value is -2.59. The second kappa shape index (κ2) is 7.32. The van der Waals surface area contributed by atoms with Crippen molar-refractivity contribution < 1.29 is 9.53 Å². The van der Waals surface area contributed by atoms with Crippen LogP contribution in [-0.2, 0) is 4.79 Å². The second-order valence-electron chi connectivity index (χ2n) is 5.46. The number of carbonyl (C=O) groups excluding carboxylic acids is 1. The standard InChI is InChI=1S/C19H17ClN2O2/c1-13(14-5-4-10-21-11-14)22-19(23)12-24-18-9-8-17(20)15-6-2-3-7-16(15)18/h2-11,13H,12H2,1H3,(H,22,23)/t13-/m0/s1. The van der Waals surface area contributed by atoms with E-state index in [0.29, 0.717) is 10.8 Å². The van der Waals surface area contributed by atoms with Crippen LogP contribution in [0.4, 0.5) is 0 Å². The van der Waals surface area contributed by atoms with E-state index >= 15 is 0 Å². The van der Waals surface area contributed by atoms with Gasteiger partial charge in [-0.25, -0.2) is 0 Å². The van der Waals surface area contributed by atoms with Gasteiger partial charge in [0.2, 0.25) is 0 Å². The van der Waals surface area contributed by atoms with Crippen LogP contribution in [0.1, 0.15) is 18.5 Å². The van der Waals surface area contributed by atoms with E-state index in [9.17, 15) is 4.79 Å². The van der Waals surface area contributed by atoms with Gasteiger partial charge in [-0.1, -0.05) is 41.9 Å². The van der Waals surface area contributed by atoms with Gasteiger partial charge in [0.15, 0.2) is 6.61 Å². The minimum absolute atomic E-state index is 0.0593. The Morgan fingerprint density at radius 3 is 2.71 bits per heavy atom. The van der Waals surface area contributed by atoms with Crippen LogP contribution in [0.15, 0.2) is 60.9 Å². The number of nitrogens with zero attached hydrogens (tertiary/aromatic N) is 1. The molecule has 3 aromatic rings. The number of rotatable bonds is 5. The molecular weight excluding hydrogens is 324 g/mol. The minimum Gasteiger partial charge on any atom is -0.483 e. The van der Waals surface area contributed by atoms with E-state index in [-0.39, 0.29) is 18.6 Å². The van der Waals surface area contributed by atoms with Crippen molar-refractivity contribution in [3.8, 4) is 5.75 Å². The third-order valence-electron chi connectivity index (χ3n) is 3.75. The summed E-state index contributed by atoms with van der Waals surface area (Å²) in [6.45, 7) is 1.85. The van der Waals surface area contributed by atoms with Crippen LogP contribution in [0.2, 0.25) is 5.02 Å². The van der Waals surface area contributed by atoms with E-state index in [1.165, 1.54) is 0 Å². The Balaban J connectivity index is 1.66. The molecule has 0 spiro atoms. The number of fused-ring (bicyclic) bond motifs is 1. The molecule has 1 atom stereocenters. The largest absolute Gasteiger partial charge is 0.483 e. The average molecular weight is 341 g/mol. The van der Waals surface area contributed by atoms with E-state index in [4.69, 9.17) is 16.3 Å². The third-order valence-corrected chi connectivity index (χ3v) is 4.08. The van der Waals surface area contributed by atoms with Crippen molar-refractivity contribution >= 4 is 28.3 Å².